The molecule has 2 aromatic rings. The van der Waals surface area contributed by atoms with Crippen molar-refractivity contribution in [3.8, 4) is 0 Å². The van der Waals surface area contributed by atoms with Crippen LogP contribution in [0.2, 0.25) is 0 Å². The fourth-order valence-corrected chi connectivity index (χ4v) is 4.02. The van der Waals surface area contributed by atoms with Crippen LogP contribution in [0.5, 0.6) is 0 Å². The molecule has 0 aliphatic carbocycles. The largest absolute Gasteiger partial charge is 0.478 e. The van der Waals surface area contributed by atoms with Crippen LogP contribution < -0.4 is 0 Å². The van der Waals surface area contributed by atoms with Crippen LogP contribution in [0.3, 0.4) is 0 Å². The summed E-state index contributed by atoms with van der Waals surface area (Å²) in [4.78, 5) is 10.7. The predicted octanol–water partition coefficient (Wildman–Crippen LogP) is 2.27. The fraction of sp³-hybridized carbons (Fsp3) is 0.154. The lowest BCUT2D eigenvalue weighted by molar-refractivity contribution is 0.0697. The summed E-state index contributed by atoms with van der Waals surface area (Å²) in [6, 6.07) is 9.40. The first-order valence-electron chi connectivity index (χ1n) is 5.73. The quantitative estimate of drug-likeness (QED) is 0.919. The molecule has 106 valence electrons. The minimum absolute atomic E-state index is 0.178. The zero-order valence-corrected chi connectivity index (χ0v) is 12.3. The van der Waals surface area contributed by atoms with E-state index in [4.69, 9.17) is 5.11 Å². The molecule has 0 saturated heterocycles. The van der Waals surface area contributed by atoms with Gasteiger partial charge in [-0.15, -0.1) is 11.3 Å². The van der Waals surface area contributed by atoms with Gasteiger partial charge in [0, 0.05) is 13.6 Å². The van der Waals surface area contributed by atoms with Gasteiger partial charge in [0.05, 0.1) is 5.56 Å². The maximum absolute atomic E-state index is 12.2. The van der Waals surface area contributed by atoms with E-state index in [1.807, 2.05) is 0 Å². The summed E-state index contributed by atoms with van der Waals surface area (Å²) in [5.74, 6) is -1.00. The molecule has 1 heterocycles. The normalized spacial score (nSPS) is 11.7. The molecular weight excluding hydrogens is 298 g/mol. The maximum atomic E-state index is 12.2. The van der Waals surface area contributed by atoms with E-state index in [1.54, 1.807) is 29.6 Å². The number of nitrogens with zero attached hydrogens (tertiary/aromatic N) is 1. The third kappa shape index (κ3) is 3.06. The van der Waals surface area contributed by atoms with Crippen LogP contribution in [0, 0.1) is 0 Å². The Morgan fingerprint density at radius 3 is 2.40 bits per heavy atom. The number of rotatable bonds is 5. The molecule has 0 saturated carbocycles. The molecule has 0 bridgehead atoms. The van der Waals surface area contributed by atoms with E-state index in [9.17, 15) is 13.2 Å². The van der Waals surface area contributed by atoms with Crippen molar-refractivity contribution in [3.63, 3.8) is 0 Å². The molecule has 1 aromatic heterocycles. The second-order valence-electron chi connectivity index (χ2n) is 4.20. The van der Waals surface area contributed by atoms with Crippen molar-refractivity contribution in [2.45, 2.75) is 10.8 Å². The molecule has 0 aliphatic rings. The number of aromatic carboxylic acids is 1. The number of thiophene rings is 1. The van der Waals surface area contributed by atoms with E-state index in [2.05, 4.69) is 0 Å². The van der Waals surface area contributed by atoms with E-state index in [0.717, 1.165) is 5.56 Å². The molecule has 0 aliphatic heterocycles. The van der Waals surface area contributed by atoms with Gasteiger partial charge >= 0.3 is 5.97 Å². The van der Waals surface area contributed by atoms with Crippen molar-refractivity contribution in [1.82, 2.24) is 4.31 Å². The summed E-state index contributed by atoms with van der Waals surface area (Å²) in [6.45, 7) is 0.195. The molecule has 5 nitrogen and oxygen atoms in total. The Bertz CT molecular complexity index is 690. The van der Waals surface area contributed by atoms with Gasteiger partial charge in [0.25, 0.3) is 10.0 Å². The van der Waals surface area contributed by atoms with Gasteiger partial charge in [0.15, 0.2) is 0 Å². The molecule has 0 atom stereocenters. The Hall–Kier alpha value is -1.70. The van der Waals surface area contributed by atoms with Crippen molar-refractivity contribution in [3.05, 3.63) is 52.9 Å². The van der Waals surface area contributed by atoms with E-state index in [-0.39, 0.29) is 12.1 Å². The van der Waals surface area contributed by atoms with E-state index in [1.165, 1.54) is 34.8 Å². The van der Waals surface area contributed by atoms with Crippen LogP contribution in [-0.4, -0.2) is 30.8 Å². The summed E-state index contributed by atoms with van der Waals surface area (Å²) < 4.78 is 26.0. The van der Waals surface area contributed by atoms with Gasteiger partial charge in [-0.2, -0.15) is 4.31 Å². The zero-order chi connectivity index (χ0) is 14.8. The van der Waals surface area contributed by atoms with Crippen LogP contribution >= 0.6 is 11.3 Å². The first kappa shape index (κ1) is 14.7. The standard InChI is InChI=1S/C13H13NO4S2/c1-14(20(17,18)12-3-2-8-19-12)9-10-4-6-11(7-5-10)13(15)16/h2-8H,9H2,1H3,(H,15,16). The molecule has 0 amide bonds. The van der Waals surface area contributed by atoms with Crippen LogP contribution in [-0.2, 0) is 16.6 Å². The smallest absolute Gasteiger partial charge is 0.335 e. The first-order chi connectivity index (χ1) is 9.41. The fourth-order valence-electron chi connectivity index (χ4n) is 1.66. The molecular formula is C13H13NO4S2. The molecule has 0 spiro atoms. The average Bonchev–Trinajstić information content (AvgIpc) is 2.93. The second kappa shape index (κ2) is 5.74. The molecule has 0 fully saturated rings. The topological polar surface area (TPSA) is 74.7 Å². The van der Waals surface area contributed by atoms with Gasteiger partial charge in [-0.1, -0.05) is 18.2 Å². The number of benzene rings is 1. The monoisotopic (exact) mass is 311 g/mol. The van der Waals surface area contributed by atoms with Gasteiger partial charge < -0.3 is 5.11 Å². The number of carbonyl (C=O) groups is 1. The Morgan fingerprint density at radius 2 is 1.90 bits per heavy atom. The summed E-state index contributed by atoms with van der Waals surface area (Å²) >= 11 is 1.17. The zero-order valence-electron chi connectivity index (χ0n) is 10.7. The Labute approximate surface area is 121 Å². The summed E-state index contributed by atoms with van der Waals surface area (Å²) in [5.41, 5.74) is 0.912. The highest BCUT2D eigenvalue weighted by molar-refractivity contribution is 7.91. The summed E-state index contributed by atoms with van der Waals surface area (Å²) in [6.07, 6.45) is 0. The minimum Gasteiger partial charge on any atom is -0.478 e. The van der Waals surface area contributed by atoms with E-state index >= 15 is 0 Å². The Kier molecular flexibility index (Phi) is 4.22. The third-order valence-electron chi connectivity index (χ3n) is 2.77. The van der Waals surface area contributed by atoms with Crippen LogP contribution in [0.4, 0.5) is 0 Å². The predicted molar refractivity (Wildman–Crippen MR) is 76.4 cm³/mol. The summed E-state index contributed by atoms with van der Waals surface area (Å²) in [7, 11) is -1.98. The van der Waals surface area contributed by atoms with Gasteiger partial charge in [-0.25, -0.2) is 13.2 Å². The molecule has 20 heavy (non-hydrogen) atoms. The lowest BCUT2D eigenvalue weighted by Crippen LogP contribution is -2.25. The maximum Gasteiger partial charge on any atom is 0.335 e. The Balaban J connectivity index is 2.16. The molecule has 1 aromatic carbocycles. The number of hydrogen-bond acceptors (Lipinski definition) is 4. The van der Waals surface area contributed by atoms with Crippen molar-refractivity contribution in [2.24, 2.45) is 0 Å². The number of hydrogen-bond donors (Lipinski definition) is 1. The highest BCUT2D eigenvalue weighted by Crippen LogP contribution is 2.21. The SMILES string of the molecule is CN(Cc1ccc(C(=O)O)cc1)S(=O)(=O)c1cccs1. The minimum atomic E-state index is -3.48. The summed E-state index contributed by atoms with van der Waals surface area (Å²) in [5, 5.41) is 10.5. The molecule has 2 rings (SSSR count). The highest BCUT2D eigenvalue weighted by Gasteiger charge is 2.21. The third-order valence-corrected chi connectivity index (χ3v) is 5.94. The second-order valence-corrected chi connectivity index (χ2v) is 7.41. The highest BCUT2D eigenvalue weighted by atomic mass is 32.2. The van der Waals surface area contributed by atoms with Gasteiger partial charge in [0.1, 0.15) is 4.21 Å². The van der Waals surface area contributed by atoms with Crippen molar-refractivity contribution in [2.75, 3.05) is 7.05 Å². The number of carboxylic acids is 1. The van der Waals surface area contributed by atoms with Gasteiger partial charge in [-0.05, 0) is 29.1 Å². The average molecular weight is 311 g/mol. The molecule has 0 radical (unpaired) electrons. The van der Waals surface area contributed by atoms with Crippen LogP contribution in [0.15, 0.2) is 46.0 Å². The number of sulfonamides is 1. The molecule has 1 N–H and O–H groups in total. The lowest BCUT2D eigenvalue weighted by atomic mass is 10.1. The molecule has 7 heteroatoms. The van der Waals surface area contributed by atoms with Crippen LogP contribution in [0.25, 0.3) is 0 Å². The van der Waals surface area contributed by atoms with Crippen LogP contribution in [0.1, 0.15) is 15.9 Å². The van der Waals surface area contributed by atoms with E-state index < -0.39 is 16.0 Å². The van der Waals surface area contributed by atoms with Gasteiger partial charge in [-0.3, -0.25) is 0 Å². The Morgan fingerprint density at radius 1 is 1.25 bits per heavy atom. The lowest BCUT2D eigenvalue weighted by Gasteiger charge is -2.16. The van der Waals surface area contributed by atoms with E-state index in [0.29, 0.717) is 4.21 Å². The van der Waals surface area contributed by atoms with Crippen molar-refractivity contribution < 1.29 is 18.3 Å². The van der Waals surface area contributed by atoms with Gasteiger partial charge in [0.2, 0.25) is 0 Å². The van der Waals surface area contributed by atoms with Crippen molar-refractivity contribution in [1.29, 1.82) is 0 Å². The first-order valence-corrected chi connectivity index (χ1v) is 8.05. The number of carboxylic acid groups (broad SMARTS) is 1. The molecule has 0 unspecified atom stereocenters. The van der Waals surface area contributed by atoms with Crippen molar-refractivity contribution >= 4 is 27.3 Å².